The van der Waals surface area contributed by atoms with Gasteiger partial charge in [0.2, 0.25) is 0 Å². The van der Waals surface area contributed by atoms with E-state index >= 15 is 0 Å². The largest absolute Gasteiger partial charge is 0.496 e. The minimum atomic E-state index is 0.263. The molecular formula is C18H28ClN3O3. The lowest BCUT2D eigenvalue weighted by Gasteiger charge is -2.13. The molecule has 1 heterocycles. The number of nitrogens with one attached hydrogen (secondary N) is 2. The summed E-state index contributed by atoms with van der Waals surface area (Å²) in [4.78, 5) is 4.61. The maximum atomic E-state index is 5.99. The summed E-state index contributed by atoms with van der Waals surface area (Å²) >= 11 is 5.99. The molecule has 0 spiro atoms. The number of guanidine groups is 1. The summed E-state index contributed by atoms with van der Waals surface area (Å²) in [6.07, 6.45) is 2.19. The Labute approximate surface area is 154 Å². The first-order valence-corrected chi connectivity index (χ1v) is 9.14. The molecule has 140 valence electrons. The summed E-state index contributed by atoms with van der Waals surface area (Å²) in [5, 5.41) is 7.23. The lowest BCUT2D eigenvalue weighted by molar-refractivity contribution is 0.0420. The van der Waals surface area contributed by atoms with Crippen LogP contribution in [0.4, 0.5) is 0 Å². The zero-order chi connectivity index (χ0) is 17.9. The molecule has 0 bridgehead atoms. The van der Waals surface area contributed by atoms with E-state index in [9.17, 15) is 0 Å². The Balaban J connectivity index is 1.77. The van der Waals surface area contributed by atoms with Crippen LogP contribution in [0.5, 0.6) is 5.75 Å². The minimum Gasteiger partial charge on any atom is -0.496 e. The van der Waals surface area contributed by atoms with E-state index in [-0.39, 0.29) is 6.10 Å². The monoisotopic (exact) mass is 369 g/mol. The number of hydrogen-bond donors (Lipinski definition) is 2. The Morgan fingerprint density at radius 2 is 2.28 bits per heavy atom. The summed E-state index contributed by atoms with van der Waals surface area (Å²) in [6, 6.07) is 5.59. The molecule has 1 saturated heterocycles. The second kappa shape index (κ2) is 11.2. The van der Waals surface area contributed by atoms with Crippen molar-refractivity contribution < 1.29 is 14.2 Å². The van der Waals surface area contributed by atoms with Crippen molar-refractivity contribution in [1.82, 2.24) is 10.6 Å². The molecule has 1 unspecified atom stereocenters. The number of benzene rings is 1. The number of ether oxygens (including phenoxy) is 3. The molecule has 0 amide bonds. The number of rotatable bonds is 9. The first kappa shape index (κ1) is 19.8. The normalized spacial score (nSPS) is 17.6. The zero-order valence-electron chi connectivity index (χ0n) is 15.0. The van der Waals surface area contributed by atoms with Crippen LogP contribution in [-0.4, -0.2) is 52.1 Å². The van der Waals surface area contributed by atoms with E-state index in [0.29, 0.717) is 11.6 Å². The molecule has 1 fully saturated rings. The van der Waals surface area contributed by atoms with Gasteiger partial charge >= 0.3 is 0 Å². The van der Waals surface area contributed by atoms with Crippen LogP contribution in [-0.2, 0) is 16.0 Å². The molecule has 6 nitrogen and oxygen atoms in total. The molecule has 1 aromatic rings. The van der Waals surface area contributed by atoms with Gasteiger partial charge in [0.1, 0.15) is 5.75 Å². The van der Waals surface area contributed by atoms with Gasteiger partial charge < -0.3 is 24.8 Å². The van der Waals surface area contributed by atoms with Gasteiger partial charge in [-0.25, -0.2) is 4.99 Å². The van der Waals surface area contributed by atoms with Gasteiger partial charge in [0.25, 0.3) is 0 Å². The van der Waals surface area contributed by atoms with Crippen molar-refractivity contribution in [3.05, 3.63) is 28.8 Å². The fraction of sp³-hybridized carbons (Fsp3) is 0.611. The lowest BCUT2D eigenvalue weighted by Crippen LogP contribution is -2.38. The van der Waals surface area contributed by atoms with Gasteiger partial charge in [-0.1, -0.05) is 17.7 Å². The molecule has 2 rings (SSSR count). The molecule has 1 aromatic carbocycles. The molecule has 1 atom stereocenters. The van der Waals surface area contributed by atoms with Crippen molar-refractivity contribution in [2.24, 2.45) is 4.99 Å². The van der Waals surface area contributed by atoms with Gasteiger partial charge in [0.05, 0.1) is 26.4 Å². The number of halogens is 1. The summed E-state index contributed by atoms with van der Waals surface area (Å²) < 4.78 is 16.4. The van der Waals surface area contributed by atoms with Gasteiger partial charge in [0, 0.05) is 36.9 Å². The third-order valence-corrected chi connectivity index (χ3v) is 4.09. The first-order valence-electron chi connectivity index (χ1n) is 8.77. The third kappa shape index (κ3) is 7.10. The van der Waals surface area contributed by atoms with Gasteiger partial charge in [-0.3, -0.25) is 0 Å². The predicted octanol–water partition coefficient (Wildman–Crippen LogP) is 2.60. The van der Waals surface area contributed by atoms with Crippen LogP contribution in [0.1, 0.15) is 25.3 Å². The Hall–Kier alpha value is -1.50. The topological polar surface area (TPSA) is 64.1 Å². The van der Waals surface area contributed by atoms with Crippen molar-refractivity contribution in [2.45, 2.75) is 32.4 Å². The highest BCUT2D eigenvalue weighted by Gasteiger charge is 2.15. The van der Waals surface area contributed by atoms with E-state index in [1.165, 1.54) is 0 Å². The van der Waals surface area contributed by atoms with Crippen molar-refractivity contribution in [2.75, 3.05) is 40.0 Å². The Kier molecular flexibility index (Phi) is 8.86. The fourth-order valence-corrected chi connectivity index (χ4v) is 2.69. The summed E-state index contributed by atoms with van der Waals surface area (Å²) in [5.41, 5.74) is 0.994. The number of nitrogens with zero attached hydrogens (tertiary/aromatic N) is 1. The van der Waals surface area contributed by atoms with Crippen LogP contribution in [0.15, 0.2) is 23.2 Å². The molecule has 1 aliphatic rings. The molecule has 7 heteroatoms. The van der Waals surface area contributed by atoms with Crippen LogP contribution in [0.25, 0.3) is 0 Å². The molecule has 0 radical (unpaired) electrons. The summed E-state index contributed by atoms with van der Waals surface area (Å²) in [6.45, 7) is 6.44. The van der Waals surface area contributed by atoms with E-state index in [0.717, 1.165) is 63.0 Å². The maximum absolute atomic E-state index is 5.99. The van der Waals surface area contributed by atoms with Gasteiger partial charge in [-0.2, -0.15) is 0 Å². The summed E-state index contributed by atoms with van der Waals surface area (Å²) in [7, 11) is 1.64. The molecule has 0 aromatic heterocycles. The Morgan fingerprint density at radius 3 is 3.00 bits per heavy atom. The zero-order valence-corrected chi connectivity index (χ0v) is 15.8. The summed E-state index contributed by atoms with van der Waals surface area (Å²) in [5.74, 6) is 1.53. The van der Waals surface area contributed by atoms with E-state index in [4.69, 9.17) is 25.8 Å². The van der Waals surface area contributed by atoms with Crippen molar-refractivity contribution in [3.63, 3.8) is 0 Å². The average Bonchev–Trinajstić information content (AvgIpc) is 3.13. The second-order valence-corrected chi connectivity index (χ2v) is 6.22. The van der Waals surface area contributed by atoms with Crippen LogP contribution in [0.3, 0.4) is 0 Å². The smallest absolute Gasteiger partial charge is 0.191 e. The van der Waals surface area contributed by atoms with Crippen LogP contribution in [0.2, 0.25) is 5.02 Å². The maximum Gasteiger partial charge on any atom is 0.191 e. The highest BCUT2D eigenvalue weighted by molar-refractivity contribution is 6.30. The quantitative estimate of drug-likeness (QED) is 0.398. The fourth-order valence-electron chi connectivity index (χ4n) is 2.53. The van der Waals surface area contributed by atoms with Gasteiger partial charge in [-0.15, -0.1) is 0 Å². The average molecular weight is 370 g/mol. The van der Waals surface area contributed by atoms with E-state index in [1.54, 1.807) is 13.2 Å². The number of hydrogen-bond acceptors (Lipinski definition) is 4. The van der Waals surface area contributed by atoms with Crippen LogP contribution >= 0.6 is 11.6 Å². The van der Waals surface area contributed by atoms with E-state index in [2.05, 4.69) is 15.6 Å². The molecule has 25 heavy (non-hydrogen) atoms. The molecule has 0 aliphatic carbocycles. The number of aliphatic imine (C=N–C) groups is 1. The van der Waals surface area contributed by atoms with Crippen LogP contribution < -0.4 is 15.4 Å². The van der Waals surface area contributed by atoms with Crippen molar-refractivity contribution >= 4 is 17.6 Å². The highest BCUT2D eigenvalue weighted by atomic mass is 35.5. The SMILES string of the molecule is CCNC(=NCc1ccc(Cl)cc1OC)NCCCOC1CCOC1. The highest BCUT2D eigenvalue weighted by Crippen LogP contribution is 2.23. The predicted molar refractivity (Wildman–Crippen MR) is 101 cm³/mol. The van der Waals surface area contributed by atoms with E-state index in [1.807, 2.05) is 19.1 Å². The first-order chi connectivity index (χ1) is 12.2. The molecular weight excluding hydrogens is 342 g/mol. The number of methoxy groups -OCH3 is 1. The second-order valence-electron chi connectivity index (χ2n) is 5.79. The molecule has 2 N–H and O–H groups in total. The lowest BCUT2D eigenvalue weighted by atomic mass is 10.2. The third-order valence-electron chi connectivity index (χ3n) is 3.86. The Morgan fingerprint density at radius 1 is 1.40 bits per heavy atom. The van der Waals surface area contributed by atoms with E-state index < -0.39 is 0 Å². The van der Waals surface area contributed by atoms with Crippen molar-refractivity contribution in [1.29, 1.82) is 0 Å². The molecule has 1 aliphatic heterocycles. The van der Waals surface area contributed by atoms with Gasteiger partial charge in [0.15, 0.2) is 5.96 Å². The Bertz CT molecular complexity index is 548. The van der Waals surface area contributed by atoms with Crippen LogP contribution in [0, 0.1) is 0 Å². The van der Waals surface area contributed by atoms with Gasteiger partial charge in [-0.05, 0) is 31.9 Å². The van der Waals surface area contributed by atoms with Crippen molar-refractivity contribution in [3.8, 4) is 5.75 Å². The molecule has 0 saturated carbocycles. The standard InChI is InChI=1S/C18H28ClN3O3/c1-3-20-18(21-8-4-9-25-16-7-10-24-13-16)22-12-14-5-6-15(19)11-17(14)23-2/h5-6,11,16H,3-4,7-10,12-13H2,1-2H3,(H2,20,21,22). The minimum absolute atomic E-state index is 0.263.